The smallest absolute Gasteiger partial charge is 0.0947 e. The molecule has 1 heterocycles. The van der Waals surface area contributed by atoms with Crippen LogP contribution in [-0.2, 0) is 9.47 Å². The third-order valence-corrected chi connectivity index (χ3v) is 7.91. The molecule has 0 aromatic rings. The van der Waals surface area contributed by atoms with Gasteiger partial charge in [-0.15, -0.1) is 0 Å². The quantitative estimate of drug-likeness (QED) is 0.339. The van der Waals surface area contributed by atoms with Crippen LogP contribution in [0.2, 0.25) is 0 Å². The zero-order valence-electron chi connectivity index (χ0n) is 18.5. The summed E-state index contributed by atoms with van der Waals surface area (Å²) in [7, 11) is 0. The lowest BCUT2D eigenvalue weighted by Gasteiger charge is -2.40. The average Bonchev–Trinajstić information content (AvgIpc) is 3.35. The van der Waals surface area contributed by atoms with E-state index in [9.17, 15) is 0 Å². The molecule has 5 atom stereocenters. The molecule has 0 bridgehead atoms. The molecule has 0 amide bonds. The molecule has 1 aliphatic heterocycles. The number of ether oxygens (including phenoxy) is 2. The van der Waals surface area contributed by atoms with E-state index in [0.717, 1.165) is 56.5 Å². The fourth-order valence-electron chi connectivity index (χ4n) is 5.27. The summed E-state index contributed by atoms with van der Waals surface area (Å²) < 4.78 is 12.0. The fourth-order valence-corrected chi connectivity index (χ4v) is 5.27. The molecule has 0 spiro atoms. The Labute approximate surface area is 167 Å². The van der Waals surface area contributed by atoms with Crippen molar-refractivity contribution >= 4 is 0 Å². The van der Waals surface area contributed by atoms with Crippen LogP contribution in [0.1, 0.15) is 86.0 Å². The van der Waals surface area contributed by atoms with Crippen molar-refractivity contribution in [3.8, 4) is 0 Å². The third-order valence-electron chi connectivity index (χ3n) is 7.91. The minimum absolute atomic E-state index is 0.145. The number of allylic oxidation sites excluding steroid dienone is 2. The number of hydrogen-bond acceptors (Lipinski definition) is 2. The summed E-state index contributed by atoms with van der Waals surface area (Å²) in [6.45, 7) is 22.0. The maximum absolute atomic E-state index is 6.29. The van der Waals surface area contributed by atoms with Gasteiger partial charge in [0, 0.05) is 12.0 Å². The van der Waals surface area contributed by atoms with Crippen LogP contribution in [0.3, 0.4) is 0 Å². The Hall–Kier alpha value is -0.760. The van der Waals surface area contributed by atoms with Crippen molar-refractivity contribution in [3.05, 3.63) is 24.5 Å². The van der Waals surface area contributed by atoms with Crippen molar-refractivity contribution in [3.63, 3.8) is 0 Å². The molecule has 0 radical (unpaired) electrons. The van der Waals surface area contributed by atoms with Crippen LogP contribution in [0, 0.1) is 28.1 Å². The Morgan fingerprint density at radius 1 is 1.11 bits per heavy atom. The summed E-state index contributed by atoms with van der Waals surface area (Å²) in [6.07, 6.45) is 10.1. The molecular formula is C25H42O2. The Morgan fingerprint density at radius 2 is 1.85 bits per heavy atom. The van der Waals surface area contributed by atoms with Crippen molar-refractivity contribution in [2.24, 2.45) is 28.1 Å². The standard InChI is InChI=1S/C25H42O2/c1-18(24(6)12-13-26-19(2)15-24)8-10-23(4,5)17-27-20(3)25(7)11-9-21-14-22(21)16-25/h19,21-22H,1,3,8-17H2,2,4-7H3. The minimum atomic E-state index is 0.145. The molecule has 2 aliphatic carbocycles. The van der Waals surface area contributed by atoms with Gasteiger partial charge in [-0.1, -0.05) is 46.4 Å². The maximum Gasteiger partial charge on any atom is 0.0947 e. The highest BCUT2D eigenvalue weighted by atomic mass is 16.5. The van der Waals surface area contributed by atoms with E-state index < -0.39 is 0 Å². The van der Waals surface area contributed by atoms with E-state index in [2.05, 4.69) is 47.8 Å². The van der Waals surface area contributed by atoms with Crippen molar-refractivity contribution in [2.45, 2.75) is 92.1 Å². The third kappa shape index (κ3) is 5.00. The SMILES string of the molecule is C=C(CCC(C)(C)COC(=C)C1(C)CCC2CC2C1)C1(C)CCOC(C)C1. The first-order chi connectivity index (χ1) is 12.5. The Morgan fingerprint density at radius 3 is 2.52 bits per heavy atom. The fraction of sp³-hybridized carbons (Fsp3) is 0.840. The second kappa shape index (κ2) is 7.58. The monoisotopic (exact) mass is 374 g/mol. The van der Waals surface area contributed by atoms with Crippen LogP contribution in [-0.4, -0.2) is 19.3 Å². The molecule has 3 fully saturated rings. The first-order valence-corrected chi connectivity index (χ1v) is 11.2. The van der Waals surface area contributed by atoms with Gasteiger partial charge in [0.25, 0.3) is 0 Å². The number of hydrogen-bond donors (Lipinski definition) is 0. The van der Waals surface area contributed by atoms with Gasteiger partial charge >= 0.3 is 0 Å². The van der Waals surface area contributed by atoms with Gasteiger partial charge < -0.3 is 9.47 Å². The maximum atomic E-state index is 6.29. The second-order valence-electron chi connectivity index (χ2n) is 11.2. The average molecular weight is 375 g/mol. The van der Waals surface area contributed by atoms with Gasteiger partial charge in [-0.05, 0) is 81.0 Å². The van der Waals surface area contributed by atoms with E-state index in [0.29, 0.717) is 6.10 Å². The first kappa shape index (κ1) is 21.0. The lowest BCUT2D eigenvalue weighted by Crippen LogP contribution is -2.33. The highest BCUT2D eigenvalue weighted by molar-refractivity contribution is 5.11. The highest BCUT2D eigenvalue weighted by Gasteiger charge is 2.48. The molecule has 2 heteroatoms. The van der Waals surface area contributed by atoms with Crippen LogP contribution in [0.25, 0.3) is 0 Å². The van der Waals surface area contributed by atoms with Crippen LogP contribution >= 0.6 is 0 Å². The summed E-state index contributed by atoms with van der Waals surface area (Å²) in [5.74, 6) is 3.00. The lowest BCUT2D eigenvalue weighted by atomic mass is 9.71. The predicted octanol–water partition coefficient (Wildman–Crippen LogP) is 6.91. The topological polar surface area (TPSA) is 18.5 Å². The summed E-state index contributed by atoms with van der Waals surface area (Å²) in [4.78, 5) is 0. The van der Waals surface area contributed by atoms with Gasteiger partial charge in [-0.2, -0.15) is 0 Å². The van der Waals surface area contributed by atoms with Crippen LogP contribution < -0.4 is 0 Å². The molecule has 2 nitrogen and oxygen atoms in total. The van der Waals surface area contributed by atoms with E-state index in [1.54, 1.807) is 0 Å². The molecule has 0 aromatic carbocycles. The number of fused-ring (bicyclic) bond motifs is 1. The predicted molar refractivity (Wildman–Crippen MR) is 114 cm³/mol. The zero-order chi connectivity index (χ0) is 19.9. The van der Waals surface area contributed by atoms with Crippen molar-refractivity contribution < 1.29 is 9.47 Å². The van der Waals surface area contributed by atoms with Gasteiger partial charge in [0.15, 0.2) is 0 Å². The van der Waals surface area contributed by atoms with Gasteiger partial charge in [0.05, 0.1) is 18.5 Å². The summed E-state index contributed by atoms with van der Waals surface area (Å²) in [5.41, 5.74) is 1.97. The van der Waals surface area contributed by atoms with E-state index in [1.165, 1.54) is 31.3 Å². The summed E-state index contributed by atoms with van der Waals surface area (Å²) >= 11 is 0. The molecule has 27 heavy (non-hydrogen) atoms. The molecule has 154 valence electrons. The molecule has 3 rings (SSSR count). The Balaban J connectivity index is 1.45. The normalized spacial score (nSPS) is 38.8. The molecular weight excluding hydrogens is 332 g/mol. The Bertz CT molecular complexity index is 549. The molecule has 0 aromatic heterocycles. The van der Waals surface area contributed by atoms with E-state index in [-0.39, 0.29) is 16.2 Å². The van der Waals surface area contributed by atoms with Crippen molar-refractivity contribution in [1.82, 2.24) is 0 Å². The van der Waals surface area contributed by atoms with Gasteiger partial charge in [0.2, 0.25) is 0 Å². The van der Waals surface area contributed by atoms with Crippen LogP contribution in [0.15, 0.2) is 24.5 Å². The number of rotatable bonds is 8. The summed E-state index contributed by atoms with van der Waals surface area (Å²) in [5, 5.41) is 0. The largest absolute Gasteiger partial charge is 0.497 e. The Kier molecular flexibility index (Phi) is 5.88. The highest BCUT2D eigenvalue weighted by Crippen LogP contribution is 2.58. The van der Waals surface area contributed by atoms with Crippen molar-refractivity contribution in [1.29, 1.82) is 0 Å². The minimum Gasteiger partial charge on any atom is -0.497 e. The molecule has 2 saturated carbocycles. The van der Waals surface area contributed by atoms with Gasteiger partial charge in [-0.25, -0.2) is 0 Å². The van der Waals surface area contributed by atoms with Crippen molar-refractivity contribution in [2.75, 3.05) is 13.2 Å². The molecule has 5 unspecified atom stereocenters. The van der Waals surface area contributed by atoms with E-state index in [4.69, 9.17) is 9.47 Å². The summed E-state index contributed by atoms with van der Waals surface area (Å²) in [6, 6.07) is 0. The van der Waals surface area contributed by atoms with Gasteiger partial charge in [0.1, 0.15) is 0 Å². The molecule has 0 N–H and O–H groups in total. The zero-order valence-corrected chi connectivity index (χ0v) is 18.5. The first-order valence-electron chi connectivity index (χ1n) is 11.2. The van der Waals surface area contributed by atoms with Crippen LogP contribution in [0.4, 0.5) is 0 Å². The van der Waals surface area contributed by atoms with Crippen LogP contribution in [0.5, 0.6) is 0 Å². The molecule has 1 saturated heterocycles. The van der Waals surface area contributed by atoms with Gasteiger partial charge in [-0.3, -0.25) is 0 Å². The lowest BCUT2D eigenvalue weighted by molar-refractivity contribution is -0.0207. The van der Waals surface area contributed by atoms with E-state index >= 15 is 0 Å². The second-order valence-corrected chi connectivity index (χ2v) is 11.2. The van der Waals surface area contributed by atoms with E-state index in [1.807, 2.05) is 0 Å². The molecule has 3 aliphatic rings.